The maximum atomic E-state index is 12.2. The van der Waals surface area contributed by atoms with Crippen molar-refractivity contribution in [2.24, 2.45) is 0 Å². The molecule has 1 aromatic heterocycles. The van der Waals surface area contributed by atoms with Gasteiger partial charge in [0.1, 0.15) is 6.33 Å². The first-order chi connectivity index (χ1) is 14.1. The Bertz CT molecular complexity index is 993. The minimum absolute atomic E-state index is 0.0533. The van der Waals surface area contributed by atoms with Crippen LogP contribution in [0.3, 0.4) is 0 Å². The van der Waals surface area contributed by atoms with Gasteiger partial charge in [-0.25, -0.2) is 0 Å². The summed E-state index contributed by atoms with van der Waals surface area (Å²) in [6.07, 6.45) is 1.58. The lowest BCUT2D eigenvalue weighted by Crippen LogP contribution is -2.42. The predicted octanol–water partition coefficient (Wildman–Crippen LogP) is 1.84. The maximum Gasteiger partial charge on any atom is 0.269 e. The van der Waals surface area contributed by atoms with Crippen LogP contribution in [0.25, 0.3) is 5.69 Å². The molecule has 0 aliphatic carbocycles. The Morgan fingerprint density at radius 2 is 1.79 bits per heavy atom. The second-order valence-electron chi connectivity index (χ2n) is 5.68. The van der Waals surface area contributed by atoms with Gasteiger partial charge in [0.2, 0.25) is 5.91 Å². The Labute approximate surface area is 171 Å². The molecule has 2 aromatic carbocycles. The van der Waals surface area contributed by atoms with Crippen molar-refractivity contribution in [1.82, 2.24) is 25.6 Å². The number of nitrogens with one attached hydrogen (secondary N) is 2. The largest absolute Gasteiger partial charge is 0.493 e. The van der Waals surface area contributed by atoms with Crippen molar-refractivity contribution in [3.05, 3.63) is 60.4 Å². The first-order valence-electron chi connectivity index (χ1n) is 8.52. The first kappa shape index (κ1) is 20.2. The summed E-state index contributed by atoms with van der Waals surface area (Å²) >= 11 is 1.20. The van der Waals surface area contributed by atoms with Gasteiger partial charge in [0.25, 0.3) is 5.91 Å². The van der Waals surface area contributed by atoms with E-state index in [2.05, 4.69) is 21.0 Å². The van der Waals surface area contributed by atoms with Gasteiger partial charge in [0, 0.05) is 11.3 Å². The van der Waals surface area contributed by atoms with Crippen molar-refractivity contribution >= 4 is 23.6 Å². The molecule has 0 bridgehead atoms. The van der Waals surface area contributed by atoms with Crippen LogP contribution in [0.5, 0.6) is 11.5 Å². The number of carbonyl (C=O) groups is 2. The van der Waals surface area contributed by atoms with Crippen molar-refractivity contribution < 1.29 is 19.1 Å². The van der Waals surface area contributed by atoms with Crippen LogP contribution in [0.1, 0.15) is 10.4 Å². The smallest absolute Gasteiger partial charge is 0.269 e. The van der Waals surface area contributed by atoms with Crippen LogP contribution in [0.2, 0.25) is 0 Å². The summed E-state index contributed by atoms with van der Waals surface area (Å²) in [6, 6.07) is 14.3. The number of thioether (sulfide) groups is 1. The zero-order valence-electron chi connectivity index (χ0n) is 15.8. The number of methoxy groups -OCH3 is 2. The SMILES string of the molecule is COc1ccc(C(=O)NNC(=O)CSc2nncn2-c2ccccc2)cc1OC. The van der Waals surface area contributed by atoms with Crippen molar-refractivity contribution in [2.45, 2.75) is 5.16 Å². The van der Waals surface area contributed by atoms with Gasteiger partial charge in [-0.15, -0.1) is 10.2 Å². The topological polar surface area (TPSA) is 107 Å². The molecule has 0 spiro atoms. The van der Waals surface area contributed by atoms with Crippen LogP contribution in [0.4, 0.5) is 0 Å². The van der Waals surface area contributed by atoms with Gasteiger partial charge in [0.15, 0.2) is 16.7 Å². The summed E-state index contributed by atoms with van der Waals surface area (Å²) in [7, 11) is 2.99. The van der Waals surface area contributed by atoms with Crippen LogP contribution in [-0.4, -0.2) is 46.6 Å². The second kappa shape index (κ2) is 9.60. The van der Waals surface area contributed by atoms with Gasteiger partial charge < -0.3 is 9.47 Å². The van der Waals surface area contributed by atoms with Gasteiger partial charge >= 0.3 is 0 Å². The van der Waals surface area contributed by atoms with E-state index in [4.69, 9.17) is 9.47 Å². The average molecular weight is 413 g/mol. The number of hydrazine groups is 1. The number of ether oxygens (including phenoxy) is 2. The highest BCUT2D eigenvalue weighted by molar-refractivity contribution is 7.99. The van der Waals surface area contributed by atoms with Crippen LogP contribution in [0.15, 0.2) is 60.0 Å². The summed E-state index contributed by atoms with van der Waals surface area (Å²) in [5.74, 6) is 0.120. The lowest BCUT2D eigenvalue weighted by atomic mass is 10.2. The number of hydrogen-bond donors (Lipinski definition) is 2. The standard InChI is InChI=1S/C19H19N5O4S/c1-27-15-9-8-13(10-16(15)28-2)18(26)22-21-17(25)11-29-19-23-20-12-24(19)14-6-4-3-5-7-14/h3-10,12H,11H2,1-2H3,(H,21,25)(H,22,26). The minimum atomic E-state index is -0.475. The van der Waals surface area contributed by atoms with E-state index in [1.165, 1.54) is 32.0 Å². The molecule has 0 saturated heterocycles. The number of para-hydroxylation sites is 1. The summed E-state index contributed by atoms with van der Waals surface area (Å²) in [5.41, 5.74) is 5.96. The minimum Gasteiger partial charge on any atom is -0.493 e. The zero-order chi connectivity index (χ0) is 20.6. The van der Waals surface area contributed by atoms with Crippen molar-refractivity contribution in [3.63, 3.8) is 0 Å². The van der Waals surface area contributed by atoms with E-state index < -0.39 is 5.91 Å². The molecule has 3 aromatic rings. The Kier molecular flexibility index (Phi) is 6.69. The highest BCUT2D eigenvalue weighted by Gasteiger charge is 2.13. The number of hydrogen-bond acceptors (Lipinski definition) is 7. The number of carbonyl (C=O) groups excluding carboxylic acids is 2. The lowest BCUT2D eigenvalue weighted by molar-refractivity contribution is -0.119. The number of amides is 2. The molecule has 0 atom stereocenters. The molecule has 0 aliphatic rings. The van der Waals surface area contributed by atoms with Gasteiger partial charge in [-0.05, 0) is 30.3 Å². The van der Waals surface area contributed by atoms with Gasteiger partial charge in [-0.3, -0.25) is 25.0 Å². The molecule has 10 heteroatoms. The molecule has 3 rings (SSSR count). The van der Waals surface area contributed by atoms with E-state index in [-0.39, 0.29) is 11.7 Å². The molecule has 29 heavy (non-hydrogen) atoms. The van der Waals surface area contributed by atoms with Crippen LogP contribution in [0, 0.1) is 0 Å². The summed E-state index contributed by atoms with van der Waals surface area (Å²) in [6.45, 7) is 0. The molecule has 1 heterocycles. The Morgan fingerprint density at radius 3 is 2.52 bits per heavy atom. The molecule has 9 nitrogen and oxygen atoms in total. The van der Waals surface area contributed by atoms with Crippen LogP contribution in [-0.2, 0) is 4.79 Å². The average Bonchev–Trinajstić information content (AvgIpc) is 3.24. The Morgan fingerprint density at radius 1 is 1.03 bits per heavy atom. The van der Waals surface area contributed by atoms with E-state index in [0.29, 0.717) is 22.2 Å². The normalized spacial score (nSPS) is 10.3. The molecule has 0 unspecified atom stereocenters. The van der Waals surface area contributed by atoms with Gasteiger partial charge in [-0.1, -0.05) is 30.0 Å². The highest BCUT2D eigenvalue weighted by atomic mass is 32.2. The number of rotatable bonds is 7. The van der Waals surface area contributed by atoms with E-state index in [1.807, 2.05) is 30.3 Å². The molecule has 150 valence electrons. The summed E-state index contributed by atoms with van der Waals surface area (Å²) in [4.78, 5) is 24.3. The molecule has 0 saturated carbocycles. The van der Waals surface area contributed by atoms with E-state index in [9.17, 15) is 9.59 Å². The van der Waals surface area contributed by atoms with Crippen LogP contribution < -0.4 is 20.3 Å². The Hall–Kier alpha value is -3.53. The predicted molar refractivity (Wildman–Crippen MR) is 107 cm³/mol. The molecule has 0 fully saturated rings. The number of benzene rings is 2. The molecular formula is C19H19N5O4S. The fourth-order valence-corrected chi connectivity index (χ4v) is 3.16. The van der Waals surface area contributed by atoms with Gasteiger partial charge in [0.05, 0.1) is 20.0 Å². The lowest BCUT2D eigenvalue weighted by Gasteiger charge is -2.10. The highest BCUT2D eigenvalue weighted by Crippen LogP contribution is 2.27. The third-order valence-corrected chi connectivity index (χ3v) is 4.79. The molecule has 0 aliphatic heterocycles. The quantitative estimate of drug-likeness (QED) is 0.449. The van der Waals surface area contributed by atoms with Gasteiger partial charge in [-0.2, -0.15) is 0 Å². The third kappa shape index (κ3) is 5.05. The van der Waals surface area contributed by atoms with E-state index in [1.54, 1.807) is 23.0 Å². The Balaban J connectivity index is 1.53. The number of aromatic nitrogens is 3. The zero-order valence-corrected chi connectivity index (χ0v) is 16.6. The van der Waals surface area contributed by atoms with Crippen molar-refractivity contribution in [1.29, 1.82) is 0 Å². The maximum absolute atomic E-state index is 12.2. The second-order valence-corrected chi connectivity index (χ2v) is 6.62. The van der Waals surface area contributed by atoms with Crippen molar-refractivity contribution in [2.75, 3.05) is 20.0 Å². The summed E-state index contributed by atoms with van der Waals surface area (Å²) < 4.78 is 12.1. The number of nitrogens with zero attached hydrogens (tertiary/aromatic N) is 3. The fourth-order valence-electron chi connectivity index (χ4n) is 2.43. The van der Waals surface area contributed by atoms with E-state index in [0.717, 1.165) is 5.69 Å². The molecule has 2 amide bonds. The monoisotopic (exact) mass is 413 g/mol. The first-order valence-corrected chi connectivity index (χ1v) is 9.50. The van der Waals surface area contributed by atoms with Crippen LogP contribution >= 0.6 is 11.8 Å². The summed E-state index contributed by atoms with van der Waals surface area (Å²) in [5, 5.41) is 8.48. The van der Waals surface area contributed by atoms with Crippen molar-refractivity contribution in [3.8, 4) is 17.2 Å². The molecule has 2 N–H and O–H groups in total. The van der Waals surface area contributed by atoms with E-state index >= 15 is 0 Å². The molecular weight excluding hydrogens is 394 g/mol. The fraction of sp³-hybridized carbons (Fsp3) is 0.158. The third-order valence-electron chi connectivity index (χ3n) is 3.84. The molecule has 0 radical (unpaired) electrons.